The standard InChI is InChI=1S/C42H81NO3/c1-3-5-7-9-11-13-15-17-18-19-20-21-22-23-24-26-28-30-32-34-36-38-42(46)43-40(39-44)41(45)37-35-33-31-29-27-25-16-14-12-10-8-6-4-2/h17-18,35,37,40-41,44-45H,3-16,19-34,36,38-39H2,1-2H3,(H,43,46)/b18-17+,37-35+. The minimum absolute atomic E-state index is 0.0647. The van der Waals surface area contributed by atoms with Crippen LogP contribution in [0.1, 0.15) is 219 Å². The van der Waals surface area contributed by atoms with Gasteiger partial charge >= 0.3 is 0 Å². The molecule has 0 aliphatic carbocycles. The third-order valence-electron chi connectivity index (χ3n) is 9.43. The minimum Gasteiger partial charge on any atom is -0.394 e. The van der Waals surface area contributed by atoms with Crippen LogP contribution in [0, 0.1) is 0 Å². The van der Waals surface area contributed by atoms with E-state index in [-0.39, 0.29) is 12.5 Å². The quantitative estimate of drug-likeness (QED) is 0.0464. The highest BCUT2D eigenvalue weighted by molar-refractivity contribution is 5.76. The van der Waals surface area contributed by atoms with Gasteiger partial charge in [0.15, 0.2) is 0 Å². The second-order valence-corrected chi connectivity index (χ2v) is 14.1. The number of aliphatic hydroxyl groups is 2. The summed E-state index contributed by atoms with van der Waals surface area (Å²) in [7, 11) is 0. The Hall–Kier alpha value is -1.13. The molecule has 4 nitrogen and oxygen atoms in total. The molecule has 2 unspecified atom stereocenters. The molecular weight excluding hydrogens is 566 g/mol. The van der Waals surface area contributed by atoms with Crippen molar-refractivity contribution in [3.63, 3.8) is 0 Å². The van der Waals surface area contributed by atoms with Crippen molar-refractivity contribution < 1.29 is 15.0 Å². The lowest BCUT2D eigenvalue weighted by molar-refractivity contribution is -0.123. The molecule has 0 bridgehead atoms. The molecule has 0 aromatic carbocycles. The van der Waals surface area contributed by atoms with Gasteiger partial charge in [0.25, 0.3) is 0 Å². The Balaban J connectivity index is 3.55. The Morgan fingerprint density at radius 2 is 0.826 bits per heavy atom. The summed E-state index contributed by atoms with van der Waals surface area (Å²) in [4.78, 5) is 12.3. The van der Waals surface area contributed by atoms with Crippen LogP contribution in [0.25, 0.3) is 0 Å². The highest BCUT2D eigenvalue weighted by Crippen LogP contribution is 2.14. The van der Waals surface area contributed by atoms with Gasteiger partial charge in [0.05, 0.1) is 18.8 Å². The molecule has 0 fully saturated rings. The number of nitrogens with one attached hydrogen (secondary N) is 1. The fourth-order valence-corrected chi connectivity index (χ4v) is 6.23. The zero-order valence-electron chi connectivity index (χ0n) is 31.1. The van der Waals surface area contributed by atoms with Crippen molar-refractivity contribution in [1.82, 2.24) is 5.32 Å². The van der Waals surface area contributed by atoms with Crippen LogP contribution in [0.5, 0.6) is 0 Å². The van der Waals surface area contributed by atoms with Gasteiger partial charge in [-0.3, -0.25) is 4.79 Å². The van der Waals surface area contributed by atoms with E-state index in [0.29, 0.717) is 6.42 Å². The molecule has 0 saturated heterocycles. The lowest BCUT2D eigenvalue weighted by Gasteiger charge is -2.20. The smallest absolute Gasteiger partial charge is 0.220 e. The van der Waals surface area contributed by atoms with E-state index in [4.69, 9.17) is 0 Å². The van der Waals surface area contributed by atoms with Gasteiger partial charge in [-0.05, 0) is 44.9 Å². The number of unbranched alkanes of at least 4 members (excludes halogenated alkanes) is 28. The van der Waals surface area contributed by atoms with Crippen molar-refractivity contribution in [2.24, 2.45) is 0 Å². The van der Waals surface area contributed by atoms with Crippen LogP contribution in [0.2, 0.25) is 0 Å². The molecule has 0 aromatic heterocycles. The molecule has 2 atom stereocenters. The molecule has 0 aliphatic rings. The number of rotatable bonds is 37. The van der Waals surface area contributed by atoms with Crippen molar-refractivity contribution in [2.75, 3.05) is 6.61 Å². The fraction of sp³-hybridized carbons (Fsp3) is 0.881. The maximum Gasteiger partial charge on any atom is 0.220 e. The Morgan fingerprint density at radius 1 is 0.500 bits per heavy atom. The van der Waals surface area contributed by atoms with E-state index in [2.05, 4.69) is 31.3 Å². The molecule has 272 valence electrons. The molecule has 0 aromatic rings. The average Bonchev–Trinajstić information content (AvgIpc) is 3.06. The molecule has 1 amide bonds. The first-order valence-corrected chi connectivity index (χ1v) is 20.6. The largest absolute Gasteiger partial charge is 0.394 e. The van der Waals surface area contributed by atoms with Crippen LogP contribution >= 0.6 is 0 Å². The fourth-order valence-electron chi connectivity index (χ4n) is 6.23. The average molecular weight is 648 g/mol. The molecule has 0 rings (SSSR count). The van der Waals surface area contributed by atoms with Crippen molar-refractivity contribution in [1.29, 1.82) is 0 Å². The van der Waals surface area contributed by atoms with Crippen LogP contribution in [-0.2, 0) is 4.79 Å². The number of aliphatic hydroxyl groups excluding tert-OH is 2. The number of hydrogen-bond donors (Lipinski definition) is 3. The zero-order chi connectivity index (χ0) is 33.6. The molecule has 4 heteroatoms. The number of hydrogen-bond acceptors (Lipinski definition) is 3. The molecule has 0 spiro atoms. The first kappa shape index (κ1) is 44.9. The van der Waals surface area contributed by atoms with Crippen molar-refractivity contribution in [3.8, 4) is 0 Å². The van der Waals surface area contributed by atoms with Crippen molar-refractivity contribution in [2.45, 2.75) is 231 Å². The summed E-state index contributed by atoms with van der Waals surface area (Å²) < 4.78 is 0. The lowest BCUT2D eigenvalue weighted by atomic mass is 10.0. The Bertz CT molecular complexity index is 661. The van der Waals surface area contributed by atoms with Gasteiger partial charge in [0.2, 0.25) is 5.91 Å². The molecular formula is C42H81NO3. The maximum atomic E-state index is 12.3. The first-order chi connectivity index (χ1) is 22.7. The minimum atomic E-state index is -0.835. The highest BCUT2D eigenvalue weighted by Gasteiger charge is 2.17. The van der Waals surface area contributed by atoms with Crippen LogP contribution in [0.15, 0.2) is 24.3 Å². The van der Waals surface area contributed by atoms with Crippen LogP contribution in [0.3, 0.4) is 0 Å². The van der Waals surface area contributed by atoms with Gasteiger partial charge in [-0.2, -0.15) is 0 Å². The van der Waals surface area contributed by atoms with E-state index in [1.165, 1.54) is 173 Å². The van der Waals surface area contributed by atoms with E-state index < -0.39 is 12.1 Å². The number of carbonyl (C=O) groups excluding carboxylic acids is 1. The van der Waals surface area contributed by atoms with Crippen LogP contribution in [0.4, 0.5) is 0 Å². The normalized spacial score (nSPS) is 13.2. The second-order valence-electron chi connectivity index (χ2n) is 14.1. The van der Waals surface area contributed by atoms with E-state index in [1.54, 1.807) is 6.08 Å². The second kappa shape index (κ2) is 38.3. The summed E-state index contributed by atoms with van der Waals surface area (Å²) in [6.45, 7) is 4.30. The maximum absolute atomic E-state index is 12.3. The molecule has 46 heavy (non-hydrogen) atoms. The SMILES string of the molecule is CCCCCCCC/C=C/CCCCCCCCCCCCCC(=O)NC(CO)C(O)/C=C/CCCCCCCCCCCCC. The molecule has 3 N–H and O–H groups in total. The zero-order valence-corrected chi connectivity index (χ0v) is 31.1. The predicted octanol–water partition coefficient (Wildman–Crippen LogP) is 12.5. The van der Waals surface area contributed by atoms with Crippen LogP contribution < -0.4 is 5.32 Å². The molecule has 0 radical (unpaired) electrons. The third kappa shape index (κ3) is 34.2. The van der Waals surface area contributed by atoms with Gasteiger partial charge in [-0.25, -0.2) is 0 Å². The van der Waals surface area contributed by atoms with E-state index in [1.807, 2.05) is 6.08 Å². The van der Waals surface area contributed by atoms with E-state index in [9.17, 15) is 15.0 Å². The van der Waals surface area contributed by atoms with Crippen molar-refractivity contribution in [3.05, 3.63) is 24.3 Å². The van der Waals surface area contributed by atoms with Gasteiger partial charge in [0.1, 0.15) is 0 Å². The number of carbonyl (C=O) groups is 1. The Labute approximate surface area is 288 Å². The first-order valence-electron chi connectivity index (χ1n) is 20.6. The van der Waals surface area contributed by atoms with E-state index >= 15 is 0 Å². The third-order valence-corrected chi connectivity index (χ3v) is 9.43. The van der Waals surface area contributed by atoms with Crippen molar-refractivity contribution >= 4 is 5.91 Å². The summed E-state index contributed by atoms with van der Waals surface area (Å²) in [5, 5.41) is 22.9. The summed E-state index contributed by atoms with van der Waals surface area (Å²) in [6.07, 6.45) is 48.4. The lowest BCUT2D eigenvalue weighted by Crippen LogP contribution is -2.45. The number of allylic oxidation sites excluding steroid dienone is 3. The molecule has 0 heterocycles. The van der Waals surface area contributed by atoms with Gasteiger partial charge < -0.3 is 15.5 Å². The summed E-state index contributed by atoms with van der Waals surface area (Å²) in [5.41, 5.74) is 0. The Kier molecular flexibility index (Phi) is 37.4. The summed E-state index contributed by atoms with van der Waals surface area (Å²) in [6, 6.07) is -0.618. The topological polar surface area (TPSA) is 69.6 Å². The Morgan fingerprint density at radius 3 is 1.20 bits per heavy atom. The van der Waals surface area contributed by atoms with Gasteiger partial charge in [0, 0.05) is 6.42 Å². The highest BCUT2D eigenvalue weighted by atomic mass is 16.3. The number of amides is 1. The summed E-state index contributed by atoms with van der Waals surface area (Å²) in [5.74, 6) is -0.0647. The van der Waals surface area contributed by atoms with E-state index in [0.717, 1.165) is 25.7 Å². The monoisotopic (exact) mass is 648 g/mol. The van der Waals surface area contributed by atoms with Crippen LogP contribution in [-0.4, -0.2) is 34.9 Å². The molecule has 0 saturated carbocycles. The summed E-state index contributed by atoms with van der Waals surface area (Å²) >= 11 is 0. The van der Waals surface area contributed by atoms with Gasteiger partial charge in [-0.15, -0.1) is 0 Å². The van der Waals surface area contributed by atoms with Gasteiger partial charge in [-0.1, -0.05) is 192 Å². The molecule has 0 aliphatic heterocycles. The predicted molar refractivity (Wildman–Crippen MR) is 202 cm³/mol.